The normalized spacial score (nSPS) is 10.2. The molecule has 0 saturated heterocycles. The number of carbonyl (C=O) groups excluding carboxylic acids is 1. The Morgan fingerprint density at radius 1 is 1.25 bits per heavy atom. The van der Waals surface area contributed by atoms with Crippen LogP contribution in [-0.2, 0) is 0 Å². The molecule has 0 aliphatic rings. The highest BCUT2D eigenvalue weighted by molar-refractivity contribution is 9.10. The highest BCUT2D eigenvalue weighted by atomic mass is 79.9. The maximum Gasteiger partial charge on any atom is 0.259 e. The summed E-state index contributed by atoms with van der Waals surface area (Å²) in [5.74, 6) is 0.273. The van der Waals surface area contributed by atoms with E-state index in [4.69, 9.17) is 10.5 Å². The van der Waals surface area contributed by atoms with E-state index in [1.54, 1.807) is 24.3 Å². The number of anilines is 2. The second-order valence-electron chi connectivity index (χ2n) is 4.37. The Morgan fingerprint density at radius 3 is 2.65 bits per heavy atom. The summed E-state index contributed by atoms with van der Waals surface area (Å²) >= 11 is 3.34. The van der Waals surface area contributed by atoms with Crippen LogP contribution in [0.2, 0.25) is 0 Å². The molecule has 0 heterocycles. The average Bonchev–Trinajstić information content (AvgIpc) is 2.42. The van der Waals surface area contributed by atoms with Crippen LogP contribution in [0.25, 0.3) is 0 Å². The molecule has 20 heavy (non-hydrogen) atoms. The van der Waals surface area contributed by atoms with Crippen molar-refractivity contribution in [1.82, 2.24) is 0 Å². The molecule has 4 nitrogen and oxygen atoms in total. The summed E-state index contributed by atoms with van der Waals surface area (Å²) in [5.41, 5.74) is 8.57. The second kappa shape index (κ2) is 5.96. The number of methoxy groups -OCH3 is 1. The maximum absolute atomic E-state index is 12.3. The minimum atomic E-state index is -0.238. The minimum absolute atomic E-state index is 0.238. The van der Waals surface area contributed by atoms with Crippen molar-refractivity contribution in [3.63, 3.8) is 0 Å². The molecule has 0 radical (unpaired) electrons. The quantitative estimate of drug-likeness (QED) is 0.843. The number of carbonyl (C=O) groups is 1. The second-order valence-corrected chi connectivity index (χ2v) is 5.29. The third-order valence-corrected chi connectivity index (χ3v) is 3.44. The predicted molar refractivity (Wildman–Crippen MR) is 84.2 cm³/mol. The molecule has 0 aliphatic heterocycles. The number of halogens is 1. The maximum atomic E-state index is 12.3. The first-order valence-corrected chi connectivity index (χ1v) is 6.81. The van der Waals surface area contributed by atoms with Crippen molar-refractivity contribution in [3.8, 4) is 5.75 Å². The van der Waals surface area contributed by atoms with Crippen molar-refractivity contribution in [1.29, 1.82) is 0 Å². The number of nitrogens with one attached hydrogen (secondary N) is 1. The van der Waals surface area contributed by atoms with E-state index in [0.29, 0.717) is 22.7 Å². The summed E-state index contributed by atoms with van der Waals surface area (Å²) in [6.45, 7) is 1.92. The molecule has 1 amide bonds. The Labute approximate surface area is 126 Å². The molecule has 2 rings (SSSR count). The van der Waals surface area contributed by atoms with Crippen LogP contribution in [0.5, 0.6) is 5.75 Å². The van der Waals surface area contributed by atoms with Crippen LogP contribution in [0.15, 0.2) is 40.9 Å². The first-order chi connectivity index (χ1) is 9.51. The summed E-state index contributed by atoms with van der Waals surface area (Å²) in [4.78, 5) is 12.3. The highest BCUT2D eigenvalue weighted by Gasteiger charge is 2.13. The predicted octanol–water partition coefficient (Wildman–Crippen LogP) is 3.60. The third-order valence-electron chi connectivity index (χ3n) is 2.95. The Hall–Kier alpha value is -2.01. The van der Waals surface area contributed by atoms with E-state index >= 15 is 0 Å². The monoisotopic (exact) mass is 334 g/mol. The van der Waals surface area contributed by atoms with Crippen LogP contribution in [0, 0.1) is 6.92 Å². The molecule has 3 N–H and O–H groups in total. The van der Waals surface area contributed by atoms with Gasteiger partial charge in [-0.05, 0) is 42.8 Å². The van der Waals surface area contributed by atoms with Crippen molar-refractivity contribution < 1.29 is 9.53 Å². The molecule has 0 unspecified atom stereocenters. The SMILES string of the molecule is COc1cc(Br)ccc1C(=O)Nc1ccc(C)c(N)c1. The zero-order valence-electron chi connectivity index (χ0n) is 11.2. The summed E-state index contributed by atoms with van der Waals surface area (Å²) in [6, 6.07) is 10.7. The molecule has 104 valence electrons. The molecule has 0 aromatic heterocycles. The van der Waals surface area contributed by atoms with Gasteiger partial charge in [-0.3, -0.25) is 4.79 Å². The fourth-order valence-electron chi connectivity index (χ4n) is 1.77. The van der Waals surface area contributed by atoms with Crippen molar-refractivity contribution in [3.05, 3.63) is 52.0 Å². The summed E-state index contributed by atoms with van der Waals surface area (Å²) in [7, 11) is 1.53. The van der Waals surface area contributed by atoms with Gasteiger partial charge in [-0.2, -0.15) is 0 Å². The largest absolute Gasteiger partial charge is 0.496 e. The van der Waals surface area contributed by atoms with Gasteiger partial charge in [0.05, 0.1) is 12.7 Å². The van der Waals surface area contributed by atoms with Crippen molar-refractivity contribution in [2.24, 2.45) is 0 Å². The van der Waals surface area contributed by atoms with E-state index in [1.165, 1.54) is 7.11 Å². The van der Waals surface area contributed by atoms with Gasteiger partial charge >= 0.3 is 0 Å². The molecular weight excluding hydrogens is 320 g/mol. The van der Waals surface area contributed by atoms with Crippen LogP contribution in [0.4, 0.5) is 11.4 Å². The molecule has 0 bridgehead atoms. The fraction of sp³-hybridized carbons (Fsp3) is 0.133. The van der Waals surface area contributed by atoms with Gasteiger partial charge < -0.3 is 15.8 Å². The molecule has 0 spiro atoms. The standard InChI is InChI=1S/C15H15BrN2O2/c1-9-3-5-11(8-13(9)17)18-15(19)12-6-4-10(16)7-14(12)20-2/h3-8H,17H2,1-2H3,(H,18,19). The van der Waals surface area contributed by atoms with Gasteiger partial charge in [-0.1, -0.05) is 22.0 Å². The van der Waals surface area contributed by atoms with Gasteiger partial charge in [0.25, 0.3) is 5.91 Å². The van der Waals surface area contributed by atoms with Crippen LogP contribution in [0.3, 0.4) is 0 Å². The smallest absolute Gasteiger partial charge is 0.259 e. The lowest BCUT2D eigenvalue weighted by Crippen LogP contribution is -2.13. The van der Waals surface area contributed by atoms with Crippen LogP contribution in [-0.4, -0.2) is 13.0 Å². The van der Waals surface area contributed by atoms with Crippen LogP contribution in [0.1, 0.15) is 15.9 Å². The molecule has 0 saturated carbocycles. The lowest BCUT2D eigenvalue weighted by atomic mass is 10.1. The molecule has 0 atom stereocenters. The summed E-state index contributed by atoms with van der Waals surface area (Å²) in [6.07, 6.45) is 0. The average molecular weight is 335 g/mol. The zero-order chi connectivity index (χ0) is 14.7. The zero-order valence-corrected chi connectivity index (χ0v) is 12.8. The van der Waals surface area contributed by atoms with Crippen molar-refractivity contribution >= 4 is 33.2 Å². The van der Waals surface area contributed by atoms with Gasteiger partial charge in [0.15, 0.2) is 0 Å². The first-order valence-electron chi connectivity index (χ1n) is 6.02. The van der Waals surface area contributed by atoms with Crippen molar-refractivity contribution in [2.75, 3.05) is 18.2 Å². The number of amides is 1. The van der Waals surface area contributed by atoms with E-state index in [1.807, 2.05) is 19.1 Å². The number of hydrogen-bond donors (Lipinski definition) is 2. The number of benzene rings is 2. The Morgan fingerprint density at radius 2 is 2.00 bits per heavy atom. The summed E-state index contributed by atoms with van der Waals surface area (Å²) < 4.78 is 6.06. The number of nitrogen functional groups attached to an aromatic ring is 1. The minimum Gasteiger partial charge on any atom is -0.496 e. The van der Waals surface area contributed by atoms with E-state index < -0.39 is 0 Å². The molecule has 0 aliphatic carbocycles. The van der Waals surface area contributed by atoms with Gasteiger partial charge in [-0.15, -0.1) is 0 Å². The number of rotatable bonds is 3. The topological polar surface area (TPSA) is 64.3 Å². The lowest BCUT2D eigenvalue weighted by Gasteiger charge is -2.10. The Bertz CT molecular complexity index is 656. The number of nitrogens with two attached hydrogens (primary N) is 1. The number of hydrogen-bond acceptors (Lipinski definition) is 3. The first kappa shape index (κ1) is 14.4. The van der Waals surface area contributed by atoms with Crippen molar-refractivity contribution in [2.45, 2.75) is 6.92 Å². The summed E-state index contributed by atoms with van der Waals surface area (Å²) in [5, 5.41) is 2.81. The Kier molecular flexibility index (Phi) is 4.29. The molecule has 5 heteroatoms. The van der Waals surface area contributed by atoms with Crippen LogP contribution >= 0.6 is 15.9 Å². The Balaban J connectivity index is 2.25. The molecule has 2 aromatic rings. The van der Waals surface area contributed by atoms with Gasteiger partial charge in [0, 0.05) is 15.8 Å². The van der Waals surface area contributed by atoms with E-state index in [9.17, 15) is 4.79 Å². The van der Waals surface area contributed by atoms with Gasteiger partial charge in [0.2, 0.25) is 0 Å². The van der Waals surface area contributed by atoms with E-state index in [-0.39, 0.29) is 5.91 Å². The molecule has 2 aromatic carbocycles. The van der Waals surface area contributed by atoms with Gasteiger partial charge in [-0.25, -0.2) is 0 Å². The number of aryl methyl sites for hydroxylation is 1. The highest BCUT2D eigenvalue weighted by Crippen LogP contribution is 2.25. The van der Waals surface area contributed by atoms with Gasteiger partial charge in [0.1, 0.15) is 5.75 Å². The number of ether oxygens (including phenoxy) is 1. The van der Waals surface area contributed by atoms with E-state index in [2.05, 4.69) is 21.2 Å². The fourth-order valence-corrected chi connectivity index (χ4v) is 2.11. The van der Waals surface area contributed by atoms with Crippen LogP contribution < -0.4 is 15.8 Å². The molecular formula is C15H15BrN2O2. The lowest BCUT2D eigenvalue weighted by molar-refractivity contribution is 0.102. The van der Waals surface area contributed by atoms with E-state index in [0.717, 1.165) is 10.0 Å². The molecule has 0 fully saturated rings. The third kappa shape index (κ3) is 3.11.